The fourth-order valence-electron chi connectivity index (χ4n) is 5.72. The van der Waals surface area contributed by atoms with Gasteiger partial charge in [0, 0.05) is 13.0 Å². The van der Waals surface area contributed by atoms with Gasteiger partial charge in [0.2, 0.25) is 17.7 Å². The summed E-state index contributed by atoms with van der Waals surface area (Å²) >= 11 is 0. The summed E-state index contributed by atoms with van der Waals surface area (Å²) in [6.07, 6.45) is -5.54. The van der Waals surface area contributed by atoms with Crippen LogP contribution in [0.4, 0.5) is 13.2 Å². The number of H-pyrrole nitrogens is 1. The van der Waals surface area contributed by atoms with Crippen molar-refractivity contribution in [1.29, 1.82) is 0 Å². The Hall–Kier alpha value is -3.97. The summed E-state index contributed by atoms with van der Waals surface area (Å²) in [5, 5.41) is 4.33. The summed E-state index contributed by atoms with van der Waals surface area (Å²) in [6.45, 7) is 8.39. The number of rotatable bonds is 7. The Labute approximate surface area is 233 Å². The number of halogens is 3. The molecule has 1 aliphatic heterocycles. The van der Waals surface area contributed by atoms with Crippen LogP contribution >= 0.6 is 0 Å². The van der Waals surface area contributed by atoms with Gasteiger partial charge in [0.05, 0.1) is 11.0 Å². The molecular formula is C27H33F3N6O5. The minimum absolute atomic E-state index is 0.0422. The van der Waals surface area contributed by atoms with Gasteiger partial charge in [-0.25, -0.2) is 4.98 Å². The molecule has 11 nitrogen and oxygen atoms in total. The second-order valence-corrected chi connectivity index (χ2v) is 12.4. The molecule has 222 valence electrons. The number of carbonyl (C=O) groups is 4. The van der Waals surface area contributed by atoms with Crippen LogP contribution in [0.25, 0.3) is 11.0 Å². The summed E-state index contributed by atoms with van der Waals surface area (Å²) < 4.78 is 39.2. The van der Waals surface area contributed by atoms with Crippen LogP contribution < -0.4 is 21.9 Å². The predicted octanol–water partition coefficient (Wildman–Crippen LogP) is 1.01. The van der Waals surface area contributed by atoms with Gasteiger partial charge in [0.25, 0.3) is 5.56 Å². The average molecular weight is 579 g/mol. The SMILES string of the molecule is CC(C)(C)[C@H](NC(=O)C(F)(F)F)C(=O)N1C[C@H]2[C@@H]([C@H]1C(=O)NC(Cc1nc3ccccc3[nH]c1=O)C(N)=O)C2(C)C. The minimum Gasteiger partial charge on any atom is -0.368 e. The van der Waals surface area contributed by atoms with Gasteiger partial charge in [0.15, 0.2) is 0 Å². The summed E-state index contributed by atoms with van der Waals surface area (Å²) in [6, 6.07) is 2.66. The number of hydrogen-bond donors (Lipinski definition) is 4. The first-order valence-electron chi connectivity index (χ1n) is 13.1. The second kappa shape index (κ2) is 10.1. The van der Waals surface area contributed by atoms with Crippen LogP contribution in [0.15, 0.2) is 29.1 Å². The zero-order chi connectivity index (χ0) is 30.7. The third-order valence-electron chi connectivity index (χ3n) is 8.13. The zero-order valence-electron chi connectivity index (χ0n) is 23.3. The first-order chi connectivity index (χ1) is 18.8. The third kappa shape index (κ3) is 5.77. The van der Waals surface area contributed by atoms with E-state index in [4.69, 9.17) is 5.73 Å². The molecule has 2 aromatic rings. The Morgan fingerprint density at radius 1 is 1.15 bits per heavy atom. The molecule has 1 aromatic carbocycles. The van der Waals surface area contributed by atoms with Crippen molar-refractivity contribution in [3.05, 3.63) is 40.3 Å². The Bertz CT molecular complexity index is 1460. The molecular weight excluding hydrogens is 545 g/mol. The number of para-hydroxylation sites is 2. The van der Waals surface area contributed by atoms with Gasteiger partial charge in [-0.1, -0.05) is 46.8 Å². The molecule has 1 saturated heterocycles. The van der Waals surface area contributed by atoms with E-state index in [1.807, 2.05) is 13.8 Å². The number of benzene rings is 1. The highest BCUT2D eigenvalue weighted by molar-refractivity contribution is 5.96. The fraction of sp³-hybridized carbons (Fsp3) is 0.556. The van der Waals surface area contributed by atoms with Crippen LogP contribution in [0.1, 0.15) is 40.3 Å². The molecule has 2 fully saturated rings. The molecule has 4 amide bonds. The molecule has 0 radical (unpaired) electrons. The van der Waals surface area contributed by atoms with E-state index in [9.17, 15) is 37.1 Å². The van der Waals surface area contributed by atoms with Crippen molar-refractivity contribution >= 4 is 34.7 Å². The number of primary amides is 1. The Morgan fingerprint density at radius 2 is 1.78 bits per heavy atom. The molecule has 0 bridgehead atoms. The molecule has 1 unspecified atom stereocenters. The number of piperidine rings is 1. The van der Waals surface area contributed by atoms with Crippen LogP contribution in [-0.2, 0) is 25.6 Å². The van der Waals surface area contributed by atoms with Gasteiger partial charge in [0.1, 0.15) is 23.8 Å². The molecule has 5 atom stereocenters. The molecule has 1 saturated carbocycles. The zero-order valence-corrected chi connectivity index (χ0v) is 23.3. The lowest BCUT2D eigenvalue weighted by molar-refractivity contribution is -0.176. The number of fused-ring (bicyclic) bond motifs is 2. The van der Waals surface area contributed by atoms with Crippen molar-refractivity contribution in [2.45, 2.75) is 65.3 Å². The molecule has 4 rings (SSSR count). The maximum Gasteiger partial charge on any atom is 0.471 e. The lowest BCUT2D eigenvalue weighted by Gasteiger charge is -2.38. The summed E-state index contributed by atoms with van der Waals surface area (Å²) in [4.78, 5) is 72.1. The number of hydrogen-bond acceptors (Lipinski definition) is 6. The highest BCUT2D eigenvalue weighted by Crippen LogP contribution is 2.65. The average Bonchev–Trinajstić information content (AvgIpc) is 3.18. The van der Waals surface area contributed by atoms with E-state index in [1.54, 1.807) is 29.6 Å². The number of nitrogens with two attached hydrogens (primary N) is 1. The van der Waals surface area contributed by atoms with Crippen molar-refractivity contribution in [2.75, 3.05) is 6.54 Å². The van der Waals surface area contributed by atoms with E-state index in [1.165, 1.54) is 25.7 Å². The van der Waals surface area contributed by atoms with Crippen LogP contribution in [0.3, 0.4) is 0 Å². The van der Waals surface area contributed by atoms with Crippen LogP contribution in [0.5, 0.6) is 0 Å². The lowest BCUT2D eigenvalue weighted by atomic mass is 9.85. The maximum absolute atomic E-state index is 13.7. The summed E-state index contributed by atoms with van der Waals surface area (Å²) in [5.41, 5.74) is 4.40. The van der Waals surface area contributed by atoms with Gasteiger partial charge < -0.3 is 26.3 Å². The number of alkyl halides is 3. The molecule has 14 heteroatoms. The number of amides is 4. The second-order valence-electron chi connectivity index (χ2n) is 12.4. The fourth-order valence-corrected chi connectivity index (χ4v) is 5.72. The number of nitrogens with zero attached hydrogens (tertiary/aromatic N) is 2. The van der Waals surface area contributed by atoms with Crippen molar-refractivity contribution in [3.63, 3.8) is 0 Å². The van der Waals surface area contributed by atoms with Crippen LogP contribution in [0.2, 0.25) is 0 Å². The number of likely N-dealkylation sites (tertiary alicyclic amines) is 1. The molecule has 1 aromatic heterocycles. The highest BCUT2D eigenvalue weighted by Gasteiger charge is 2.70. The van der Waals surface area contributed by atoms with Gasteiger partial charge >= 0.3 is 12.1 Å². The van der Waals surface area contributed by atoms with Gasteiger partial charge in [-0.15, -0.1) is 0 Å². The highest BCUT2D eigenvalue weighted by atomic mass is 19.4. The Balaban J connectivity index is 1.60. The normalized spacial score (nSPS) is 22.9. The topological polar surface area (TPSA) is 167 Å². The van der Waals surface area contributed by atoms with Crippen molar-refractivity contribution < 1.29 is 32.3 Å². The quantitative estimate of drug-likeness (QED) is 0.383. The number of nitrogens with one attached hydrogen (secondary N) is 3. The Morgan fingerprint density at radius 3 is 2.37 bits per heavy atom. The van der Waals surface area contributed by atoms with Gasteiger partial charge in [-0.3, -0.25) is 24.0 Å². The molecule has 1 aliphatic carbocycles. The van der Waals surface area contributed by atoms with Crippen molar-refractivity contribution in [3.8, 4) is 0 Å². The van der Waals surface area contributed by atoms with E-state index >= 15 is 0 Å². The van der Waals surface area contributed by atoms with E-state index in [0.29, 0.717) is 11.0 Å². The maximum atomic E-state index is 13.7. The van der Waals surface area contributed by atoms with Crippen LogP contribution in [0, 0.1) is 22.7 Å². The van der Waals surface area contributed by atoms with Crippen molar-refractivity contribution in [2.24, 2.45) is 28.4 Å². The van der Waals surface area contributed by atoms with Gasteiger partial charge in [-0.2, -0.15) is 13.2 Å². The van der Waals surface area contributed by atoms with Crippen molar-refractivity contribution in [1.82, 2.24) is 25.5 Å². The van der Waals surface area contributed by atoms with E-state index in [0.717, 1.165) is 0 Å². The number of carbonyl (C=O) groups excluding carboxylic acids is 4. The van der Waals surface area contributed by atoms with E-state index in [2.05, 4.69) is 15.3 Å². The van der Waals surface area contributed by atoms with E-state index < -0.39 is 58.9 Å². The number of aromatic nitrogens is 2. The minimum atomic E-state index is -5.21. The molecule has 2 heterocycles. The predicted molar refractivity (Wildman–Crippen MR) is 141 cm³/mol. The molecule has 5 N–H and O–H groups in total. The largest absolute Gasteiger partial charge is 0.471 e. The standard InChI is InChI=1S/C27H33F3N6O5/c1-25(2,3)19(35-24(41)27(28,29)30)23(40)36-11-12-17(26(12,4)5)18(36)22(39)34-15(20(31)37)10-16-21(38)33-14-9-7-6-8-13(14)32-16/h6-9,12,15,17-19H,10-11H2,1-5H3,(H2,31,37)(H,33,38)(H,34,39)(H,35,41)/t12-,15?,17-,18-,19+/m0/s1. The molecule has 41 heavy (non-hydrogen) atoms. The lowest BCUT2D eigenvalue weighted by Crippen LogP contribution is -2.61. The number of aromatic amines is 1. The van der Waals surface area contributed by atoms with Gasteiger partial charge in [-0.05, 0) is 34.8 Å². The first-order valence-corrected chi connectivity index (χ1v) is 13.1. The first kappa shape index (κ1) is 30.0. The smallest absolute Gasteiger partial charge is 0.368 e. The molecule has 2 aliphatic rings. The summed E-state index contributed by atoms with van der Waals surface area (Å²) in [5.74, 6) is -5.27. The molecule has 0 spiro atoms. The Kier molecular flexibility index (Phi) is 7.42. The van der Waals surface area contributed by atoms with Crippen LogP contribution in [-0.4, -0.2) is 69.3 Å². The summed E-state index contributed by atoms with van der Waals surface area (Å²) in [7, 11) is 0. The third-order valence-corrected chi connectivity index (χ3v) is 8.13. The van der Waals surface area contributed by atoms with E-state index in [-0.39, 0.29) is 35.9 Å². The monoisotopic (exact) mass is 578 g/mol.